The highest BCUT2D eigenvalue weighted by molar-refractivity contribution is 5.22. The van der Waals surface area contributed by atoms with Crippen LogP contribution in [0, 0.1) is 0 Å². The minimum Gasteiger partial charge on any atom is -0.481 e. The highest BCUT2D eigenvalue weighted by Crippen LogP contribution is 2.11. The molecule has 0 saturated carbocycles. The molecule has 0 aliphatic carbocycles. The minimum absolute atomic E-state index is 0.413. The first kappa shape index (κ1) is 10.4. The molecule has 0 saturated heterocycles. The van der Waals surface area contributed by atoms with Crippen molar-refractivity contribution < 1.29 is 9.26 Å². The van der Waals surface area contributed by atoms with Crippen molar-refractivity contribution in [3.05, 3.63) is 29.7 Å². The third-order valence-electron chi connectivity index (χ3n) is 2.05. The zero-order valence-corrected chi connectivity index (χ0v) is 9.10. The monoisotopic (exact) mass is 220 g/mol. The van der Waals surface area contributed by atoms with Gasteiger partial charge in [0.05, 0.1) is 7.11 Å². The highest BCUT2D eigenvalue weighted by atomic mass is 16.5. The van der Waals surface area contributed by atoms with E-state index in [9.17, 15) is 0 Å². The van der Waals surface area contributed by atoms with Gasteiger partial charge in [0.1, 0.15) is 0 Å². The fourth-order valence-corrected chi connectivity index (χ4v) is 1.25. The molecule has 0 aliphatic heterocycles. The SMILES string of the molecule is CNc1nc(Cc2ccc(OC)nc2)no1. The standard InChI is InChI=1S/C10H12N4O2/c1-11-10-13-8(14-16-10)5-7-3-4-9(15-2)12-6-7/h3-4,6H,5H2,1-2H3,(H,11,13,14). The van der Waals surface area contributed by atoms with Gasteiger partial charge >= 0.3 is 6.01 Å². The van der Waals surface area contributed by atoms with Gasteiger partial charge in [0.15, 0.2) is 5.82 Å². The van der Waals surface area contributed by atoms with E-state index in [4.69, 9.17) is 9.26 Å². The van der Waals surface area contributed by atoms with Crippen LogP contribution in [-0.2, 0) is 6.42 Å². The molecule has 16 heavy (non-hydrogen) atoms. The molecule has 0 aromatic carbocycles. The second kappa shape index (κ2) is 4.61. The molecule has 2 rings (SSSR count). The number of anilines is 1. The Kier molecular flexibility index (Phi) is 3.00. The van der Waals surface area contributed by atoms with Gasteiger partial charge in [-0.25, -0.2) is 4.98 Å². The lowest BCUT2D eigenvalue weighted by Crippen LogP contribution is -1.94. The van der Waals surface area contributed by atoms with Crippen LogP contribution in [0.25, 0.3) is 0 Å². The van der Waals surface area contributed by atoms with Crippen molar-refractivity contribution in [2.24, 2.45) is 0 Å². The van der Waals surface area contributed by atoms with Crippen LogP contribution in [0.3, 0.4) is 0 Å². The molecule has 0 radical (unpaired) electrons. The maximum atomic E-state index is 4.97. The summed E-state index contributed by atoms with van der Waals surface area (Å²) in [5.41, 5.74) is 1.00. The largest absolute Gasteiger partial charge is 0.481 e. The number of nitrogens with one attached hydrogen (secondary N) is 1. The van der Waals surface area contributed by atoms with Gasteiger partial charge in [0.2, 0.25) is 5.88 Å². The number of pyridine rings is 1. The topological polar surface area (TPSA) is 73.1 Å². The second-order valence-corrected chi connectivity index (χ2v) is 3.15. The zero-order chi connectivity index (χ0) is 11.4. The fourth-order valence-electron chi connectivity index (χ4n) is 1.25. The predicted octanol–water partition coefficient (Wildman–Crippen LogP) is 1.11. The van der Waals surface area contributed by atoms with Crippen molar-refractivity contribution >= 4 is 6.01 Å². The van der Waals surface area contributed by atoms with Crippen LogP contribution in [-0.4, -0.2) is 29.3 Å². The zero-order valence-electron chi connectivity index (χ0n) is 9.10. The second-order valence-electron chi connectivity index (χ2n) is 3.15. The van der Waals surface area contributed by atoms with Crippen molar-refractivity contribution in [1.29, 1.82) is 0 Å². The minimum atomic E-state index is 0.413. The number of methoxy groups -OCH3 is 1. The van der Waals surface area contributed by atoms with Gasteiger partial charge in [-0.1, -0.05) is 11.2 Å². The molecule has 2 aromatic heterocycles. The first-order valence-corrected chi connectivity index (χ1v) is 4.81. The number of rotatable bonds is 4. The molecule has 84 valence electrons. The number of aromatic nitrogens is 3. The van der Waals surface area contributed by atoms with Crippen molar-refractivity contribution in [1.82, 2.24) is 15.1 Å². The van der Waals surface area contributed by atoms with Gasteiger partial charge in [-0.3, -0.25) is 0 Å². The molecule has 0 aliphatic rings. The summed E-state index contributed by atoms with van der Waals surface area (Å²) in [5.74, 6) is 1.21. The average Bonchev–Trinajstić information content (AvgIpc) is 2.78. The smallest absolute Gasteiger partial charge is 0.321 e. The van der Waals surface area contributed by atoms with Crippen molar-refractivity contribution in [3.8, 4) is 5.88 Å². The van der Waals surface area contributed by atoms with Crippen LogP contribution in [0.15, 0.2) is 22.9 Å². The van der Waals surface area contributed by atoms with E-state index in [1.54, 1.807) is 26.4 Å². The molecule has 0 atom stereocenters. The lowest BCUT2D eigenvalue weighted by molar-refractivity contribution is 0.397. The van der Waals surface area contributed by atoms with Crippen molar-refractivity contribution in [3.63, 3.8) is 0 Å². The summed E-state index contributed by atoms with van der Waals surface area (Å²) >= 11 is 0. The lowest BCUT2D eigenvalue weighted by Gasteiger charge is -1.99. The van der Waals surface area contributed by atoms with E-state index in [1.807, 2.05) is 6.07 Å². The van der Waals surface area contributed by atoms with E-state index >= 15 is 0 Å². The molecular weight excluding hydrogens is 208 g/mol. The number of nitrogens with zero attached hydrogens (tertiary/aromatic N) is 3. The molecule has 0 spiro atoms. The summed E-state index contributed by atoms with van der Waals surface area (Å²) in [6.45, 7) is 0. The number of ether oxygens (including phenoxy) is 1. The third-order valence-corrected chi connectivity index (χ3v) is 2.05. The van der Waals surface area contributed by atoms with E-state index in [1.165, 1.54) is 0 Å². The molecule has 0 bridgehead atoms. The normalized spacial score (nSPS) is 10.1. The van der Waals surface area contributed by atoms with Gasteiger partial charge in [-0.2, -0.15) is 4.98 Å². The first-order chi connectivity index (χ1) is 7.81. The highest BCUT2D eigenvalue weighted by Gasteiger charge is 2.05. The average molecular weight is 220 g/mol. The van der Waals surface area contributed by atoms with Crippen LogP contribution in [0.2, 0.25) is 0 Å². The molecule has 6 heteroatoms. The van der Waals surface area contributed by atoms with Crippen LogP contribution in [0.5, 0.6) is 5.88 Å². The Morgan fingerprint density at radius 3 is 2.88 bits per heavy atom. The van der Waals surface area contributed by atoms with Crippen LogP contribution in [0.1, 0.15) is 11.4 Å². The molecule has 0 amide bonds. The summed E-state index contributed by atoms with van der Waals surface area (Å²) < 4.78 is 9.88. The third kappa shape index (κ3) is 2.28. The Morgan fingerprint density at radius 2 is 2.31 bits per heavy atom. The molecule has 2 heterocycles. The summed E-state index contributed by atoms with van der Waals surface area (Å²) in [5, 5.41) is 6.59. The summed E-state index contributed by atoms with van der Waals surface area (Å²) in [6.07, 6.45) is 2.32. The molecule has 0 fully saturated rings. The maximum absolute atomic E-state index is 4.97. The Morgan fingerprint density at radius 1 is 1.44 bits per heavy atom. The van der Waals surface area contributed by atoms with Gasteiger partial charge in [0, 0.05) is 25.7 Å². The number of hydrogen-bond donors (Lipinski definition) is 1. The van der Waals surface area contributed by atoms with Gasteiger partial charge < -0.3 is 14.6 Å². The van der Waals surface area contributed by atoms with Gasteiger partial charge in [-0.15, -0.1) is 0 Å². The van der Waals surface area contributed by atoms with Crippen molar-refractivity contribution in [2.45, 2.75) is 6.42 Å². The van der Waals surface area contributed by atoms with Crippen molar-refractivity contribution in [2.75, 3.05) is 19.5 Å². The lowest BCUT2D eigenvalue weighted by atomic mass is 10.2. The Bertz CT molecular complexity index is 452. The summed E-state index contributed by atoms with van der Waals surface area (Å²) in [7, 11) is 3.31. The van der Waals surface area contributed by atoms with Gasteiger partial charge in [-0.05, 0) is 5.56 Å². The van der Waals surface area contributed by atoms with E-state index in [2.05, 4.69) is 20.4 Å². The summed E-state index contributed by atoms with van der Waals surface area (Å²) in [6, 6.07) is 4.13. The quantitative estimate of drug-likeness (QED) is 0.831. The van der Waals surface area contributed by atoms with Crippen LogP contribution in [0.4, 0.5) is 6.01 Å². The first-order valence-electron chi connectivity index (χ1n) is 4.81. The van der Waals surface area contributed by atoms with Crippen LogP contribution >= 0.6 is 0 Å². The molecule has 2 aromatic rings. The van der Waals surface area contributed by atoms with E-state index in [-0.39, 0.29) is 0 Å². The van der Waals surface area contributed by atoms with Gasteiger partial charge in [0.25, 0.3) is 0 Å². The Hall–Kier alpha value is -2.11. The molecule has 0 unspecified atom stereocenters. The Labute approximate surface area is 92.7 Å². The summed E-state index contributed by atoms with van der Waals surface area (Å²) in [4.78, 5) is 8.21. The molecular formula is C10H12N4O2. The fraction of sp³-hybridized carbons (Fsp3) is 0.300. The van der Waals surface area contributed by atoms with E-state index in [0.29, 0.717) is 24.1 Å². The Balaban J connectivity index is 2.08. The molecule has 1 N–H and O–H groups in total. The molecule has 6 nitrogen and oxygen atoms in total. The van der Waals surface area contributed by atoms with E-state index < -0.39 is 0 Å². The maximum Gasteiger partial charge on any atom is 0.321 e. The van der Waals surface area contributed by atoms with E-state index in [0.717, 1.165) is 5.56 Å². The van der Waals surface area contributed by atoms with Crippen LogP contribution < -0.4 is 10.1 Å². The predicted molar refractivity (Wildman–Crippen MR) is 57.4 cm³/mol. The number of hydrogen-bond acceptors (Lipinski definition) is 6.